The van der Waals surface area contributed by atoms with Crippen LogP contribution in [0.5, 0.6) is 0 Å². The van der Waals surface area contributed by atoms with E-state index in [4.69, 9.17) is 13.9 Å². The van der Waals surface area contributed by atoms with Gasteiger partial charge >= 0.3 is 5.97 Å². The highest BCUT2D eigenvalue weighted by Gasteiger charge is 2.37. The summed E-state index contributed by atoms with van der Waals surface area (Å²) in [6.07, 6.45) is 5.14. The molecule has 1 aliphatic carbocycles. The first-order valence-corrected chi connectivity index (χ1v) is 7.38. The molecular formula is C19H18O4. The van der Waals surface area contributed by atoms with Crippen molar-refractivity contribution >= 4 is 5.97 Å². The van der Waals surface area contributed by atoms with Crippen LogP contribution in [0.4, 0.5) is 0 Å². The van der Waals surface area contributed by atoms with E-state index in [-0.39, 0.29) is 11.8 Å². The molecule has 23 heavy (non-hydrogen) atoms. The number of carbonyl (C=O) groups is 1. The molecule has 2 aromatic rings. The van der Waals surface area contributed by atoms with Gasteiger partial charge in [0, 0.05) is 23.5 Å². The molecule has 0 radical (unpaired) electrons. The van der Waals surface area contributed by atoms with E-state index in [0.717, 1.165) is 16.9 Å². The van der Waals surface area contributed by atoms with Crippen LogP contribution >= 0.6 is 0 Å². The lowest BCUT2D eigenvalue weighted by Crippen LogP contribution is -2.09. The average molecular weight is 310 g/mol. The third kappa shape index (κ3) is 2.93. The normalized spacial score (nSPS) is 22.0. The molecule has 118 valence electrons. The quantitative estimate of drug-likeness (QED) is 0.637. The second-order valence-electron chi connectivity index (χ2n) is 5.29. The van der Waals surface area contributed by atoms with Crippen LogP contribution in [-0.2, 0) is 14.3 Å². The third-order valence-corrected chi connectivity index (χ3v) is 4.03. The fraction of sp³-hybridized carbons (Fsp3) is 0.211. The maximum absolute atomic E-state index is 11.8. The van der Waals surface area contributed by atoms with E-state index >= 15 is 0 Å². The van der Waals surface area contributed by atoms with Crippen LogP contribution < -0.4 is 0 Å². The van der Waals surface area contributed by atoms with E-state index in [1.54, 1.807) is 13.4 Å². The van der Waals surface area contributed by atoms with Gasteiger partial charge in [0.15, 0.2) is 0 Å². The Balaban J connectivity index is 2.11. The van der Waals surface area contributed by atoms with Crippen LogP contribution in [0.2, 0.25) is 0 Å². The third-order valence-electron chi connectivity index (χ3n) is 4.03. The highest BCUT2D eigenvalue weighted by atomic mass is 16.5. The van der Waals surface area contributed by atoms with Crippen LogP contribution in [0.1, 0.15) is 23.2 Å². The van der Waals surface area contributed by atoms with Gasteiger partial charge in [-0.2, -0.15) is 0 Å². The van der Waals surface area contributed by atoms with Gasteiger partial charge in [0.05, 0.1) is 20.5 Å². The first kappa shape index (κ1) is 15.2. The molecule has 1 heterocycles. The minimum atomic E-state index is -0.399. The van der Waals surface area contributed by atoms with Gasteiger partial charge in [-0.1, -0.05) is 30.3 Å². The number of carbonyl (C=O) groups excluding carboxylic acids is 1. The van der Waals surface area contributed by atoms with Crippen LogP contribution in [-0.4, -0.2) is 20.2 Å². The van der Waals surface area contributed by atoms with Gasteiger partial charge in [-0.25, -0.2) is 4.79 Å². The molecule has 1 aromatic heterocycles. The molecule has 0 saturated heterocycles. The zero-order chi connectivity index (χ0) is 16.2. The Morgan fingerprint density at radius 3 is 2.52 bits per heavy atom. The lowest BCUT2D eigenvalue weighted by molar-refractivity contribution is -0.134. The molecule has 0 bridgehead atoms. The van der Waals surface area contributed by atoms with Crippen molar-refractivity contribution in [1.82, 2.24) is 0 Å². The van der Waals surface area contributed by atoms with E-state index in [9.17, 15) is 4.79 Å². The molecule has 1 aliphatic rings. The predicted octanol–water partition coefficient (Wildman–Crippen LogP) is 3.79. The zero-order valence-electron chi connectivity index (χ0n) is 13.1. The fourth-order valence-corrected chi connectivity index (χ4v) is 3.01. The summed E-state index contributed by atoms with van der Waals surface area (Å²) in [4.78, 5) is 11.8. The number of rotatable bonds is 4. The molecule has 0 fully saturated rings. The van der Waals surface area contributed by atoms with E-state index in [2.05, 4.69) is 0 Å². The molecule has 0 unspecified atom stereocenters. The number of methoxy groups -OCH3 is 2. The number of hydrogen-bond donors (Lipinski definition) is 0. The Bertz CT molecular complexity index is 726. The molecule has 0 aliphatic heterocycles. The average Bonchev–Trinajstić information content (AvgIpc) is 3.23. The Morgan fingerprint density at radius 2 is 1.91 bits per heavy atom. The SMILES string of the molecule is COC(=O)/C=C1\C(OC)=C[C@H](c2ccco2)[C@H]1c1ccccc1. The number of benzene rings is 1. The van der Waals surface area contributed by atoms with Crippen molar-refractivity contribution in [2.24, 2.45) is 0 Å². The van der Waals surface area contributed by atoms with E-state index < -0.39 is 5.97 Å². The lowest BCUT2D eigenvalue weighted by Gasteiger charge is -2.20. The van der Waals surface area contributed by atoms with Gasteiger partial charge in [0.1, 0.15) is 11.5 Å². The number of esters is 1. The van der Waals surface area contributed by atoms with Gasteiger partial charge in [-0.3, -0.25) is 0 Å². The second kappa shape index (κ2) is 6.57. The van der Waals surface area contributed by atoms with Gasteiger partial charge in [0.2, 0.25) is 0 Å². The van der Waals surface area contributed by atoms with Gasteiger partial charge in [-0.15, -0.1) is 0 Å². The Labute approximate surface area is 135 Å². The number of hydrogen-bond acceptors (Lipinski definition) is 4. The van der Waals surface area contributed by atoms with E-state index in [0.29, 0.717) is 5.76 Å². The van der Waals surface area contributed by atoms with E-state index in [1.165, 1.54) is 13.2 Å². The maximum Gasteiger partial charge on any atom is 0.330 e. The molecule has 0 amide bonds. The second-order valence-corrected chi connectivity index (χ2v) is 5.29. The summed E-state index contributed by atoms with van der Waals surface area (Å²) in [6.45, 7) is 0. The first-order chi connectivity index (χ1) is 11.2. The van der Waals surface area contributed by atoms with Crippen molar-refractivity contribution in [3.8, 4) is 0 Å². The van der Waals surface area contributed by atoms with Gasteiger partial charge < -0.3 is 13.9 Å². The van der Waals surface area contributed by atoms with Crippen LogP contribution in [0.3, 0.4) is 0 Å². The van der Waals surface area contributed by atoms with Crippen molar-refractivity contribution < 1.29 is 18.7 Å². The Hall–Kier alpha value is -2.75. The Kier molecular flexibility index (Phi) is 4.33. The summed E-state index contributed by atoms with van der Waals surface area (Å²) in [5, 5.41) is 0. The topological polar surface area (TPSA) is 48.7 Å². The van der Waals surface area contributed by atoms with Crippen molar-refractivity contribution in [3.63, 3.8) is 0 Å². The minimum Gasteiger partial charge on any atom is -0.497 e. The summed E-state index contributed by atoms with van der Waals surface area (Å²) in [6, 6.07) is 13.8. The summed E-state index contributed by atoms with van der Waals surface area (Å²) in [7, 11) is 2.97. The van der Waals surface area contributed by atoms with Crippen LogP contribution in [0, 0.1) is 0 Å². The molecular weight excluding hydrogens is 292 g/mol. The highest BCUT2D eigenvalue weighted by Crippen LogP contribution is 2.48. The van der Waals surface area contributed by atoms with E-state index in [1.807, 2.05) is 48.5 Å². The molecule has 1 aromatic carbocycles. The largest absolute Gasteiger partial charge is 0.497 e. The summed E-state index contributed by atoms with van der Waals surface area (Å²) in [5.41, 5.74) is 1.89. The summed E-state index contributed by atoms with van der Waals surface area (Å²) >= 11 is 0. The predicted molar refractivity (Wildman–Crippen MR) is 85.8 cm³/mol. The smallest absolute Gasteiger partial charge is 0.330 e. The maximum atomic E-state index is 11.8. The molecule has 0 N–H and O–H groups in total. The minimum absolute atomic E-state index is 0.0294. The molecule has 0 saturated carbocycles. The number of ether oxygens (including phenoxy) is 2. The number of allylic oxidation sites excluding steroid dienone is 2. The van der Waals surface area contributed by atoms with Crippen molar-refractivity contribution in [2.45, 2.75) is 11.8 Å². The van der Waals surface area contributed by atoms with Crippen molar-refractivity contribution in [3.05, 3.63) is 83.5 Å². The first-order valence-electron chi connectivity index (χ1n) is 7.38. The molecule has 3 rings (SSSR count). The zero-order valence-corrected chi connectivity index (χ0v) is 13.1. The van der Waals surface area contributed by atoms with Crippen molar-refractivity contribution in [2.75, 3.05) is 14.2 Å². The van der Waals surface area contributed by atoms with Crippen LogP contribution in [0.25, 0.3) is 0 Å². The summed E-state index contributed by atoms with van der Waals surface area (Å²) < 4.78 is 15.9. The Morgan fingerprint density at radius 1 is 1.13 bits per heavy atom. The molecule has 0 spiro atoms. The standard InChI is InChI=1S/C19H18O4/c1-21-17-11-14(16-9-6-10-23-16)19(13-7-4-3-5-8-13)15(17)12-18(20)22-2/h3-12,14,19H,1-2H3/b15-12+/t14-,19-/m1/s1. The van der Waals surface area contributed by atoms with Gasteiger partial charge in [0.25, 0.3) is 0 Å². The molecule has 2 atom stereocenters. The monoisotopic (exact) mass is 310 g/mol. The summed E-state index contributed by atoms with van der Waals surface area (Å²) in [5.74, 6) is 1.02. The number of furan rings is 1. The highest BCUT2D eigenvalue weighted by molar-refractivity contribution is 5.84. The fourth-order valence-electron chi connectivity index (χ4n) is 3.01. The van der Waals surface area contributed by atoms with Crippen molar-refractivity contribution in [1.29, 1.82) is 0 Å². The van der Waals surface area contributed by atoms with Crippen LogP contribution in [0.15, 0.2) is 76.6 Å². The van der Waals surface area contributed by atoms with Gasteiger partial charge in [-0.05, 0) is 23.8 Å². The molecule has 4 heteroatoms. The molecule has 4 nitrogen and oxygen atoms in total. The lowest BCUT2D eigenvalue weighted by atomic mass is 9.84.